The third kappa shape index (κ3) is 2.50. The highest BCUT2D eigenvalue weighted by Gasteiger charge is 2.21. The van der Waals surface area contributed by atoms with Gasteiger partial charge in [0.1, 0.15) is 5.82 Å². The molecule has 0 aromatic carbocycles. The highest BCUT2D eigenvalue weighted by molar-refractivity contribution is 5.39. The summed E-state index contributed by atoms with van der Waals surface area (Å²) in [4.78, 5) is 2.55. The van der Waals surface area contributed by atoms with Gasteiger partial charge in [-0.3, -0.25) is 4.40 Å². The molecule has 0 radical (unpaired) electrons. The van der Waals surface area contributed by atoms with Crippen LogP contribution < -0.4 is 0 Å². The van der Waals surface area contributed by atoms with Crippen molar-refractivity contribution in [3.63, 3.8) is 0 Å². The molecule has 0 saturated carbocycles. The number of hydrogen-bond donors (Lipinski definition) is 0. The number of aryl methyl sites for hydroxylation is 1. The van der Waals surface area contributed by atoms with Crippen molar-refractivity contribution in [1.29, 1.82) is 0 Å². The number of aromatic nitrogens is 3. The number of rotatable bonds is 3. The van der Waals surface area contributed by atoms with Crippen LogP contribution in [0.3, 0.4) is 0 Å². The predicted molar refractivity (Wildman–Crippen MR) is 76.3 cm³/mol. The van der Waals surface area contributed by atoms with Crippen molar-refractivity contribution in [3.8, 4) is 0 Å². The van der Waals surface area contributed by atoms with Gasteiger partial charge in [-0.15, -0.1) is 10.2 Å². The van der Waals surface area contributed by atoms with Crippen molar-refractivity contribution in [3.05, 3.63) is 29.7 Å². The van der Waals surface area contributed by atoms with E-state index in [0.717, 1.165) is 30.4 Å². The minimum absolute atomic E-state index is 0.723. The molecule has 3 rings (SSSR count). The molecule has 4 heteroatoms. The highest BCUT2D eigenvalue weighted by atomic mass is 15.2. The van der Waals surface area contributed by atoms with E-state index in [1.807, 2.05) is 12.1 Å². The van der Waals surface area contributed by atoms with Crippen molar-refractivity contribution < 1.29 is 0 Å². The summed E-state index contributed by atoms with van der Waals surface area (Å²) in [5, 5.41) is 8.68. The molecule has 0 aliphatic carbocycles. The highest BCUT2D eigenvalue weighted by Crippen LogP contribution is 2.20. The van der Waals surface area contributed by atoms with Crippen LogP contribution in [-0.2, 0) is 6.42 Å². The second kappa shape index (κ2) is 5.29. The van der Waals surface area contributed by atoms with Gasteiger partial charge in [-0.25, -0.2) is 0 Å². The Morgan fingerprint density at radius 2 is 2.21 bits per heavy atom. The third-order valence-electron chi connectivity index (χ3n) is 4.21. The first-order valence-corrected chi connectivity index (χ1v) is 7.30. The average Bonchev–Trinajstić information content (AvgIpc) is 2.84. The predicted octanol–water partition coefficient (Wildman–Crippen LogP) is 2.31. The number of nitrogens with zero attached hydrogens (tertiary/aromatic N) is 4. The number of hydrogen-bond acceptors (Lipinski definition) is 3. The number of fused-ring (bicyclic) bond motifs is 1. The molecule has 1 saturated heterocycles. The number of piperidine rings is 1. The van der Waals surface area contributed by atoms with Gasteiger partial charge in [0, 0.05) is 18.7 Å². The monoisotopic (exact) mass is 258 g/mol. The molecule has 2 aromatic rings. The van der Waals surface area contributed by atoms with E-state index in [1.165, 1.54) is 31.6 Å². The first-order chi connectivity index (χ1) is 9.28. The van der Waals surface area contributed by atoms with Gasteiger partial charge < -0.3 is 4.90 Å². The van der Waals surface area contributed by atoms with E-state index in [4.69, 9.17) is 0 Å². The molecule has 1 aliphatic heterocycles. The minimum Gasteiger partial charge on any atom is -0.303 e. The Morgan fingerprint density at radius 3 is 3.05 bits per heavy atom. The Hall–Kier alpha value is -1.42. The molecule has 0 bridgehead atoms. The van der Waals surface area contributed by atoms with E-state index in [-0.39, 0.29) is 0 Å². The molecule has 19 heavy (non-hydrogen) atoms. The molecule has 3 heterocycles. The Morgan fingerprint density at radius 1 is 1.32 bits per heavy atom. The normalized spacial score (nSPS) is 21.1. The molecular formula is C15H22N4. The van der Waals surface area contributed by atoms with Crippen molar-refractivity contribution in [2.45, 2.75) is 33.1 Å². The standard InChI is InChI=1S/C15H22N4/c1-3-18-9-5-7-13(11-18)10-15-17-16-14-8-4-6-12(2)19(14)15/h4,6,8,13H,3,5,7,9-11H2,1-2H3. The summed E-state index contributed by atoms with van der Waals surface area (Å²) < 4.78 is 2.20. The summed E-state index contributed by atoms with van der Waals surface area (Å²) in [6.45, 7) is 8.00. The van der Waals surface area contributed by atoms with Crippen LogP contribution in [-0.4, -0.2) is 39.1 Å². The molecule has 0 N–H and O–H groups in total. The van der Waals surface area contributed by atoms with Crippen molar-refractivity contribution >= 4 is 5.65 Å². The molecule has 0 amide bonds. The largest absolute Gasteiger partial charge is 0.303 e. The SMILES string of the molecule is CCN1CCCC(Cc2nnc3cccc(C)n23)C1. The first-order valence-electron chi connectivity index (χ1n) is 7.30. The van der Waals surface area contributed by atoms with Gasteiger partial charge in [0.2, 0.25) is 0 Å². The van der Waals surface area contributed by atoms with Gasteiger partial charge in [-0.1, -0.05) is 13.0 Å². The quantitative estimate of drug-likeness (QED) is 0.847. The fraction of sp³-hybridized carbons (Fsp3) is 0.600. The molecule has 4 nitrogen and oxygen atoms in total. The second-order valence-corrected chi connectivity index (χ2v) is 5.58. The maximum Gasteiger partial charge on any atom is 0.160 e. The zero-order valence-electron chi connectivity index (χ0n) is 11.8. The molecule has 1 aliphatic rings. The molecule has 0 spiro atoms. The van der Waals surface area contributed by atoms with Crippen LogP contribution in [0.25, 0.3) is 5.65 Å². The Balaban J connectivity index is 1.81. The van der Waals surface area contributed by atoms with Crippen molar-refractivity contribution in [2.75, 3.05) is 19.6 Å². The minimum atomic E-state index is 0.723. The van der Waals surface area contributed by atoms with Gasteiger partial charge in [-0.05, 0) is 50.9 Å². The zero-order valence-corrected chi connectivity index (χ0v) is 11.8. The number of likely N-dealkylation sites (tertiary alicyclic amines) is 1. The molecule has 102 valence electrons. The lowest BCUT2D eigenvalue weighted by Crippen LogP contribution is -2.36. The van der Waals surface area contributed by atoms with Gasteiger partial charge in [0.25, 0.3) is 0 Å². The summed E-state index contributed by atoms with van der Waals surface area (Å²) in [6.07, 6.45) is 3.67. The smallest absolute Gasteiger partial charge is 0.160 e. The maximum atomic E-state index is 4.40. The lowest BCUT2D eigenvalue weighted by atomic mass is 9.94. The Labute approximate surface area is 114 Å². The van der Waals surface area contributed by atoms with E-state index >= 15 is 0 Å². The number of pyridine rings is 1. The van der Waals surface area contributed by atoms with Crippen LogP contribution in [0.4, 0.5) is 0 Å². The first kappa shape index (κ1) is 12.6. The Kier molecular flexibility index (Phi) is 3.51. The molecule has 2 aromatic heterocycles. The van der Waals surface area contributed by atoms with Gasteiger partial charge in [-0.2, -0.15) is 0 Å². The van der Waals surface area contributed by atoms with E-state index in [0.29, 0.717) is 0 Å². The van der Waals surface area contributed by atoms with Crippen LogP contribution in [0.1, 0.15) is 31.3 Å². The zero-order chi connectivity index (χ0) is 13.2. The summed E-state index contributed by atoms with van der Waals surface area (Å²) >= 11 is 0. The van der Waals surface area contributed by atoms with Crippen LogP contribution >= 0.6 is 0 Å². The molecule has 1 fully saturated rings. The van der Waals surface area contributed by atoms with Crippen molar-refractivity contribution in [1.82, 2.24) is 19.5 Å². The summed E-state index contributed by atoms with van der Waals surface area (Å²) in [7, 11) is 0. The van der Waals surface area contributed by atoms with Gasteiger partial charge >= 0.3 is 0 Å². The van der Waals surface area contributed by atoms with E-state index in [9.17, 15) is 0 Å². The maximum absolute atomic E-state index is 4.40. The molecule has 1 unspecified atom stereocenters. The second-order valence-electron chi connectivity index (χ2n) is 5.58. The van der Waals surface area contributed by atoms with E-state index < -0.39 is 0 Å². The lowest BCUT2D eigenvalue weighted by Gasteiger charge is -2.31. The van der Waals surface area contributed by atoms with E-state index in [2.05, 4.69) is 39.4 Å². The van der Waals surface area contributed by atoms with E-state index in [1.54, 1.807) is 0 Å². The summed E-state index contributed by atoms with van der Waals surface area (Å²) in [5.74, 6) is 1.84. The Bertz CT molecular complexity index is 560. The molecule has 1 atom stereocenters. The topological polar surface area (TPSA) is 33.4 Å². The lowest BCUT2D eigenvalue weighted by molar-refractivity contribution is 0.180. The average molecular weight is 258 g/mol. The fourth-order valence-corrected chi connectivity index (χ4v) is 3.17. The van der Waals surface area contributed by atoms with Crippen LogP contribution in [0, 0.1) is 12.8 Å². The van der Waals surface area contributed by atoms with Crippen LogP contribution in [0.2, 0.25) is 0 Å². The summed E-state index contributed by atoms with van der Waals surface area (Å²) in [6, 6.07) is 6.20. The van der Waals surface area contributed by atoms with Gasteiger partial charge in [0.15, 0.2) is 5.65 Å². The molecular weight excluding hydrogens is 236 g/mol. The fourth-order valence-electron chi connectivity index (χ4n) is 3.17. The summed E-state index contributed by atoms with van der Waals surface area (Å²) in [5.41, 5.74) is 2.19. The van der Waals surface area contributed by atoms with Crippen molar-refractivity contribution in [2.24, 2.45) is 5.92 Å². The van der Waals surface area contributed by atoms with Gasteiger partial charge in [0.05, 0.1) is 0 Å². The third-order valence-corrected chi connectivity index (χ3v) is 4.21. The van der Waals surface area contributed by atoms with Crippen LogP contribution in [0.15, 0.2) is 18.2 Å². The van der Waals surface area contributed by atoms with Crippen LogP contribution in [0.5, 0.6) is 0 Å².